The predicted octanol–water partition coefficient (Wildman–Crippen LogP) is 4.00. The van der Waals surface area contributed by atoms with E-state index in [0.717, 1.165) is 0 Å². The molecule has 0 aromatic rings. The lowest BCUT2D eigenvalue weighted by atomic mass is 9.73. The summed E-state index contributed by atoms with van der Waals surface area (Å²) in [4.78, 5) is 0. The third-order valence-corrected chi connectivity index (χ3v) is 10.2. The first-order valence-corrected chi connectivity index (χ1v) is 11.5. The van der Waals surface area contributed by atoms with Gasteiger partial charge in [0.05, 0.1) is 12.7 Å². The standard InChI is InChI=1S/C18H34O4Si/c1-15(2,3)23(7,8)21-14-9-10-17(6,19)18(13-14)11-12-20-16(4,5)22-18/h9-10,14,19H,11-13H2,1-8H3/t14?,17-,18+/m0/s1. The molecule has 0 aromatic carbocycles. The molecular formula is C18H34O4Si. The molecular weight excluding hydrogens is 308 g/mol. The quantitative estimate of drug-likeness (QED) is 0.609. The first kappa shape index (κ1) is 19.1. The Hall–Kier alpha value is -0.203. The van der Waals surface area contributed by atoms with Crippen LogP contribution in [0, 0.1) is 0 Å². The lowest BCUT2D eigenvalue weighted by Gasteiger charge is -2.54. The molecule has 0 bridgehead atoms. The van der Waals surface area contributed by atoms with Crippen LogP contribution in [0.3, 0.4) is 0 Å². The van der Waals surface area contributed by atoms with E-state index in [-0.39, 0.29) is 11.1 Å². The van der Waals surface area contributed by atoms with E-state index in [1.54, 1.807) is 0 Å². The van der Waals surface area contributed by atoms with E-state index in [1.807, 2.05) is 32.9 Å². The molecule has 134 valence electrons. The fraction of sp³-hybridized carbons (Fsp3) is 0.889. The van der Waals surface area contributed by atoms with Crippen LogP contribution in [-0.4, -0.2) is 43.1 Å². The third kappa shape index (κ3) is 3.74. The van der Waals surface area contributed by atoms with Gasteiger partial charge in [-0.3, -0.25) is 0 Å². The van der Waals surface area contributed by atoms with Gasteiger partial charge in [-0.05, 0) is 38.9 Å². The van der Waals surface area contributed by atoms with Crippen LogP contribution in [0.2, 0.25) is 18.1 Å². The topological polar surface area (TPSA) is 47.9 Å². The Kier molecular flexibility index (Phi) is 4.71. The molecule has 0 aromatic heterocycles. The highest BCUT2D eigenvalue weighted by atomic mass is 28.4. The number of aliphatic hydroxyl groups is 1. The molecule has 0 amide bonds. The Morgan fingerprint density at radius 3 is 2.35 bits per heavy atom. The lowest BCUT2D eigenvalue weighted by Crippen LogP contribution is -2.63. The molecule has 0 saturated carbocycles. The van der Waals surface area contributed by atoms with Crippen molar-refractivity contribution in [3.63, 3.8) is 0 Å². The number of ether oxygens (including phenoxy) is 2. The maximum atomic E-state index is 10.9. The van der Waals surface area contributed by atoms with Crippen LogP contribution in [-0.2, 0) is 13.9 Å². The van der Waals surface area contributed by atoms with E-state index in [1.165, 1.54) is 0 Å². The van der Waals surface area contributed by atoms with Crippen LogP contribution in [0.5, 0.6) is 0 Å². The molecule has 1 aliphatic heterocycles. The summed E-state index contributed by atoms with van der Waals surface area (Å²) in [5.41, 5.74) is -1.67. The summed E-state index contributed by atoms with van der Waals surface area (Å²) in [5.74, 6) is -0.686. The average molecular weight is 343 g/mol. The van der Waals surface area contributed by atoms with E-state index in [9.17, 15) is 5.11 Å². The van der Waals surface area contributed by atoms with Gasteiger partial charge < -0.3 is 19.0 Å². The first-order chi connectivity index (χ1) is 10.2. The zero-order chi connectivity index (χ0) is 17.7. The largest absolute Gasteiger partial charge is 0.410 e. The SMILES string of the molecule is CC1(C)OCC[C@]2(CC(O[Si](C)(C)C(C)(C)C)C=C[C@]2(C)O)O1. The molecule has 1 N–H and O–H groups in total. The van der Waals surface area contributed by atoms with Crippen molar-refractivity contribution in [2.75, 3.05) is 6.61 Å². The maximum absolute atomic E-state index is 10.9. The Labute approximate surface area is 142 Å². The number of hydrogen-bond donors (Lipinski definition) is 1. The zero-order valence-corrected chi connectivity index (χ0v) is 17.0. The lowest BCUT2D eigenvalue weighted by molar-refractivity contribution is -0.345. The summed E-state index contributed by atoms with van der Waals surface area (Å²) in [5, 5.41) is 11.1. The molecule has 5 heteroatoms. The van der Waals surface area contributed by atoms with Crippen LogP contribution < -0.4 is 0 Å². The summed E-state index contributed by atoms with van der Waals surface area (Å²) in [7, 11) is -1.87. The second-order valence-corrected chi connectivity index (χ2v) is 14.0. The summed E-state index contributed by atoms with van der Waals surface area (Å²) < 4.78 is 18.5. The van der Waals surface area contributed by atoms with E-state index in [2.05, 4.69) is 33.9 Å². The van der Waals surface area contributed by atoms with Gasteiger partial charge >= 0.3 is 0 Å². The number of rotatable bonds is 2. The molecule has 1 fully saturated rings. The van der Waals surface area contributed by atoms with Crippen LogP contribution in [0.4, 0.5) is 0 Å². The van der Waals surface area contributed by atoms with Gasteiger partial charge in [-0.25, -0.2) is 0 Å². The number of hydrogen-bond acceptors (Lipinski definition) is 4. The van der Waals surface area contributed by atoms with Gasteiger partial charge in [0.1, 0.15) is 11.2 Å². The van der Waals surface area contributed by atoms with Gasteiger partial charge in [0.2, 0.25) is 0 Å². The highest BCUT2D eigenvalue weighted by molar-refractivity contribution is 6.74. The van der Waals surface area contributed by atoms with Gasteiger partial charge in [-0.15, -0.1) is 0 Å². The van der Waals surface area contributed by atoms with E-state index >= 15 is 0 Å². The minimum Gasteiger partial charge on any atom is -0.410 e. The fourth-order valence-electron chi connectivity index (χ4n) is 3.20. The van der Waals surface area contributed by atoms with Crippen molar-refractivity contribution < 1.29 is 19.0 Å². The van der Waals surface area contributed by atoms with Crippen molar-refractivity contribution in [1.29, 1.82) is 0 Å². The van der Waals surface area contributed by atoms with Crippen molar-refractivity contribution in [1.82, 2.24) is 0 Å². The summed E-state index contributed by atoms with van der Waals surface area (Å²) in [6.07, 6.45) is 5.18. The first-order valence-electron chi connectivity index (χ1n) is 8.64. The monoisotopic (exact) mass is 342 g/mol. The maximum Gasteiger partial charge on any atom is 0.192 e. The van der Waals surface area contributed by atoms with E-state index < -0.39 is 25.3 Å². The Morgan fingerprint density at radius 1 is 1.22 bits per heavy atom. The zero-order valence-electron chi connectivity index (χ0n) is 16.0. The van der Waals surface area contributed by atoms with Crippen molar-refractivity contribution in [2.45, 2.75) is 95.6 Å². The molecule has 3 atom stereocenters. The fourth-order valence-corrected chi connectivity index (χ4v) is 4.47. The Bertz CT molecular complexity index is 476. The summed E-state index contributed by atoms with van der Waals surface area (Å²) in [6, 6.07) is 0. The van der Waals surface area contributed by atoms with Gasteiger partial charge in [-0.1, -0.05) is 32.9 Å². The second kappa shape index (κ2) is 5.66. The molecule has 1 unspecified atom stereocenters. The van der Waals surface area contributed by atoms with E-state index in [4.69, 9.17) is 13.9 Å². The van der Waals surface area contributed by atoms with Crippen molar-refractivity contribution in [2.24, 2.45) is 0 Å². The molecule has 23 heavy (non-hydrogen) atoms. The highest BCUT2D eigenvalue weighted by Crippen LogP contribution is 2.47. The third-order valence-electron chi connectivity index (χ3n) is 5.74. The molecule has 4 nitrogen and oxygen atoms in total. The molecule has 2 rings (SSSR count). The molecule has 1 heterocycles. The van der Waals surface area contributed by atoms with Crippen molar-refractivity contribution >= 4 is 8.32 Å². The normalized spacial score (nSPS) is 38.0. The molecule has 0 radical (unpaired) electrons. The molecule has 1 saturated heterocycles. The molecule has 2 aliphatic rings. The van der Waals surface area contributed by atoms with Gasteiger partial charge in [0, 0.05) is 12.8 Å². The summed E-state index contributed by atoms with van der Waals surface area (Å²) in [6.45, 7) is 17.5. The molecule has 1 spiro atoms. The average Bonchev–Trinajstić information content (AvgIpc) is 2.31. The minimum atomic E-state index is -1.87. The van der Waals surface area contributed by atoms with Crippen LogP contribution >= 0.6 is 0 Å². The Morgan fingerprint density at radius 2 is 1.83 bits per heavy atom. The van der Waals surface area contributed by atoms with E-state index in [0.29, 0.717) is 19.4 Å². The van der Waals surface area contributed by atoms with Gasteiger partial charge in [0.15, 0.2) is 14.1 Å². The van der Waals surface area contributed by atoms with Crippen LogP contribution in [0.15, 0.2) is 12.2 Å². The van der Waals surface area contributed by atoms with Crippen LogP contribution in [0.1, 0.15) is 54.4 Å². The van der Waals surface area contributed by atoms with Gasteiger partial charge in [-0.2, -0.15) is 0 Å². The summed E-state index contributed by atoms with van der Waals surface area (Å²) >= 11 is 0. The molecule has 1 aliphatic carbocycles. The van der Waals surface area contributed by atoms with Gasteiger partial charge in [0.25, 0.3) is 0 Å². The highest BCUT2D eigenvalue weighted by Gasteiger charge is 2.55. The van der Waals surface area contributed by atoms with Crippen molar-refractivity contribution in [3.8, 4) is 0 Å². The minimum absolute atomic E-state index is 0.0231. The smallest absolute Gasteiger partial charge is 0.192 e. The predicted molar refractivity (Wildman–Crippen MR) is 94.9 cm³/mol. The Balaban J connectivity index is 2.25. The van der Waals surface area contributed by atoms with Crippen molar-refractivity contribution in [3.05, 3.63) is 12.2 Å². The van der Waals surface area contributed by atoms with Crippen LogP contribution in [0.25, 0.3) is 0 Å². The second-order valence-electron chi connectivity index (χ2n) is 9.22.